The second-order valence-corrected chi connectivity index (χ2v) is 8.41. The molecule has 1 aromatic heterocycles. The Morgan fingerprint density at radius 3 is 2.37 bits per heavy atom. The molecule has 0 fully saturated rings. The Labute approximate surface area is 167 Å². The standard InChI is InChI=1S/C20H20ClN3O2S/c1-20(2,3)14-6-4-13(5-7-14)18-23-24-19(26-18)27-12-17(25)22-16-10-8-15(21)9-11-16/h4-11H,12H2,1-3H3,(H,22,25). The minimum absolute atomic E-state index is 0.0891. The third-order valence-electron chi connectivity index (χ3n) is 3.86. The van der Waals surface area contributed by atoms with Gasteiger partial charge >= 0.3 is 0 Å². The number of halogens is 1. The average molecular weight is 402 g/mol. The van der Waals surface area contributed by atoms with Crippen molar-refractivity contribution < 1.29 is 9.21 Å². The number of nitrogens with one attached hydrogen (secondary N) is 1. The summed E-state index contributed by atoms with van der Waals surface area (Å²) in [4.78, 5) is 12.0. The van der Waals surface area contributed by atoms with E-state index in [1.54, 1.807) is 24.3 Å². The van der Waals surface area contributed by atoms with Gasteiger partial charge in [-0.1, -0.05) is 56.3 Å². The van der Waals surface area contributed by atoms with Crippen LogP contribution in [0.1, 0.15) is 26.3 Å². The number of nitrogens with zero attached hydrogens (tertiary/aromatic N) is 2. The Hall–Kier alpha value is -2.31. The van der Waals surface area contributed by atoms with Crippen molar-refractivity contribution >= 4 is 35.0 Å². The van der Waals surface area contributed by atoms with Crippen LogP contribution in [-0.4, -0.2) is 21.9 Å². The van der Waals surface area contributed by atoms with Gasteiger partial charge in [-0.2, -0.15) is 0 Å². The van der Waals surface area contributed by atoms with Crippen LogP contribution in [-0.2, 0) is 10.2 Å². The number of thioether (sulfide) groups is 1. The first kappa shape index (κ1) is 19.5. The molecule has 0 saturated heterocycles. The molecule has 1 N–H and O–H groups in total. The van der Waals surface area contributed by atoms with Crippen molar-refractivity contribution in [1.29, 1.82) is 0 Å². The first-order valence-electron chi connectivity index (χ1n) is 8.44. The molecule has 3 aromatic rings. The van der Waals surface area contributed by atoms with Gasteiger partial charge in [0.1, 0.15) is 0 Å². The van der Waals surface area contributed by atoms with E-state index in [0.29, 0.717) is 21.8 Å². The number of aromatic nitrogens is 2. The highest BCUT2D eigenvalue weighted by Crippen LogP contribution is 2.27. The van der Waals surface area contributed by atoms with Crippen molar-refractivity contribution in [2.24, 2.45) is 0 Å². The highest BCUT2D eigenvalue weighted by molar-refractivity contribution is 7.99. The Bertz CT molecular complexity index is 916. The molecule has 2 aromatic carbocycles. The highest BCUT2D eigenvalue weighted by atomic mass is 35.5. The van der Waals surface area contributed by atoms with Crippen LogP contribution >= 0.6 is 23.4 Å². The molecule has 7 heteroatoms. The van der Waals surface area contributed by atoms with Crippen LogP contribution in [0, 0.1) is 0 Å². The quantitative estimate of drug-likeness (QED) is 0.578. The van der Waals surface area contributed by atoms with E-state index in [2.05, 4.69) is 48.4 Å². The van der Waals surface area contributed by atoms with Crippen LogP contribution in [0.15, 0.2) is 58.2 Å². The van der Waals surface area contributed by atoms with E-state index in [4.69, 9.17) is 16.0 Å². The SMILES string of the molecule is CC(C)(C)c1ccc(-c2nnc(SCC(=O)Nc3ccc(Cl)cc3)o2)cc1. The molecule has 140 valence electrons. The van der Waals surface area contributed by atoms with Gasteiger partial charge in [-0.3, -0.25) is 4.79 Å². The summed E-state index contributed by atoms with van der Waals surface area (Å²) in [5.41, 5.74) is 2.87. The molecule has 3 rings (SSSR count). The van der Waals surface area contributed by atoms with Crippen LogP contribution in [0.5, 0.6) is 0 Å². The fraction of sp³-hybridized carbons (Fsp3) is 0.250. The number of rotatable bonds is 5. The number of carbonyl (C=O) groups is 1. The Morgan fingerprint density at radius 1 is 1.07 bits per heavy atom. The number of anilines is 1. The zero-order valence-corrected chi connectivity index (χ0v) is 16.9. The second kappa shape index (κ2) is 8.15. The fourth-order valence-corrected chi connectivity index (χ4v) is 3.04. The molecule has 27 heavy (non-hydrogen) atoms. The fourth-order valence-electron chi connectivity index (χ4n) is 2.36. The lowest BCUT2D eigenvalue weighted by molar-refractivity contribution is -0.113. The summed E-state index contributed by atoms with van der Waals surface area (Å²) >= 11 is 7.02. The van der Waals surface area contributed by atoms with Crippen molar-refractivity contribution in [3.63, 3.8) is 0 Å². The van der Waals surface area contributed by atoms with Crippen molar-refractivity contribution in [2.45, 2.75) is 31.4 Å². The maximum absolute atomic E-state index is 12.0. The molecule has 0 bridgehead atoms. The lowest BCUT2D eigenvalue weighted by Crippen LogP contribution is -2.13. The van der Waals surface area contributed by atoms with Crippen LogP contribution in [0.2, 0.25) is 5.02 Å². The number of amides is 1. The summed E-state index contributed by atoms with van der Waals surface area (Å²) in [5, 5.41) is 11.8. The number of benzene rings is 2. The Balaban J connectivity index is 1.57. The van der Waals surface area contributed by atoms with E-state index in [9.17, 15) is 4.79 Å². The van der Waals surface area contributed by atoms with Crippen molar-refractivity contribution in [1.82, 2.24) is 10.2 Å². The van der Waals surface area contributed by atoms with E-state index < -0.39 is 0 Å². The molecule has 0 spiro atoms. The van der Waals surface area contributed by atoms with Gasteiger partial charge in [0.05, 0.1) is 5.75 Å². The summed E-state index contributed by atoms with van der Waals surface area (Å²) in [6, 6.07) is 15.0. The predicted molar refractivity (Wildman–Crippen MR) is 109 cm³/mol. The van der Waals surface area contributed by atoms with E-state index in [1.807, 2.05) is 12.1 Å². The Morgan fingerprint density at radius 2 is 1.74 bits per heavy atom. The van der Waals surface area contributed by atoms with Crippen LogP contribution < -0.4 is 5.32 Å². The van der Waals surface area contributed by atoms with Gasteiger partial charge < -0.3 is 9.73 Å². The van der Waals surface area contributed by atoms with Gasteiger partial charge in [0.25, 0.3) is 5.22 Å². The summed E-state index contributed by atoms with van der Waals surface area (Å²) in [7, 11) is 0. The molecular formula is C20H20ClN3O2S. The molecule has 0 aliphatic carbocycles. The second-order valence-electron chi connectivity index (χ2n) is 7.04. The zero-order valence-electron chi connectivity index (χ0n) is 15.3. The first-order valence-corrected chi connectivity index (χ1v) is 9.80. The normalized spacial score (nSPS) is 11.4. The summed E-state index contributed by atoms with van der Waals surface area (Å²) in [6.45, 7) is 6.50. The van der Waals surface area contributed by atoms with Crippen LogP contribution in [0.3, 0.4) is 0 Å². The van der Waals surface area contributed by atoms with Crippen LogP contribution in [0.25, 0.3) is 11.5 Å². The zero-order chi connectivity index (χ0) is 19.4. The third kappa shape index (κ3) is 5.34. The van der Waals surface area contributed by atoms with Gasteiger partial charge in [-0.25, -0.2) is 0 Å². The summed E-state index contributed by atoms with van der Waals surface area (Å²) in [6.07, 6.45) is 0. The summed E-state index contributed by atoms with van der Waals surface area (Å²) in [5.74, 6) is 0.459. The maximum atomic E-state index is 12.0. The third-order valence-corrected chi connectivity index (χ3v) is 4.93. The van der Waals surface area contributed by atoms with Gasteiger partial charge in [0.15, 0.2) is 0 Å². The van der Waals surface area contributed by atoms with Gasteiger partial charge in [-0.15, -0.1) is 10.2 Å². The molecule has 0 saturated carbocycles. The number of hydrogen-bond acceptors (Lipinski definition) is 5. The lowest BCUT2D eigenvalue weighted by Gasteiger charge is -2.18. The van der Waals surface area contributed by atoms with E-state index in [1.165, 1.54) is 17.3 Å². The molecule has 1 amide bonds. The van der Waals surface area contributed by atoms with Gasteiger partial charge in [-0.05, 0) is 47.4 Å². The molecule has 0 unspecified atom stereocenters. The van der Waals surface area contributed by atoms with E-state index >= 15 is 0 Å². The molecule has 5 nitrogen and oxygen atoms in total. The molecule has 0 aliphatic rings. The first-order chi connectivity index (χ1) is 12.8. The predicted octanol–water partition coefficient (Wildman–Crippen LogP) is 5.42. The monoisotopic (exact) mass is 401 g/mol. The van der Waals surface area contributed by atoms with Crippen LogP contribution in [0.4, 0.5) is 5.69 Å². The lowest BCUT2D eigenvalue weighted by atomic mass is 9.87. The smallest absolute Gasteiger partial charge is 0.277 e. The maximum Gasteiger partial charge on any atom is 0.277 e. The number of hydrogen-bond donors (Lipinski definition) is 1. The summed E-state index contributed by atoms with van der Waals surface area (Å²) < 4.78 is 5.65. The topological polar surface area (TPSA) is 68.0 Å². The average Bonchev–Trinajstić information content (AvgIpc) is 3.10. The molecule has 0 aliphatic heterocycles. The van der Waals surface area contributed by atoms with Gasteiger partial charge in [0, 0.05) is 16.3 Å². The Kier molecular flexibility index (Phi) is 5.87. The van der Waals surface area contributed by atoms with Crippen molar-refractivity contribution in [3.8, 4) is 11.5 Å². The minimum atomic E-state index is -0.156. The molecule has 1 heterocycles. The molecule has 0 radical (unpaired) electrons. The van der Waals surface area contributed by atoms with Crippen molar-refractivity contribution in [3.05, 3.63) is 59.1 Å². The van der Waals surface area contributed by atoms with E-state index in [-0.39, 0.29) is 17.1 Å². The number of carbonyl (C=O) groups excluding carboxylic acids is 1. The molecular weight excluding hydrogens is 382 g/mol. The highest BCUT2D eigenvalue weighted by Gasteiger charge is 2.15. The molecule has 0 atom stereocenters. The minimum Gasteiger partial charge on any atom is -0.411 e. The van der Waals surface area contributed by atoms with E-state index in [0.717, 1.165) is 5.56 Å². The van der Waals surface area contributed by atoms with Gasteiger partial charge in [0.2, 0.25) is 11.8 Å². The van der Waals surface area contributed by atoms with Crippen molar-refractivity contribution in [2.75, 3.05) is 11.1 Å². The largest absolute Gasteiger partial charge is 0.411 e.